The summed E-state index contributed by atoms with van der Waals surface area (Å²) in [5.41, 5.74) is 18.1. The topological polar surface area (TPSA) is 286 Å². The van der Waals surface area contributed by atoms with E-state index in [-0.39, 0.29) is 43.9 Å². The lowest BCUT2D eigenvalue weighted by Crippen LogP contribution is -2.64. The van der Waals surface area contributed by atoms with Crippen LogP contribution in [0, 0.1) is 0 Å². The van der Waals surface area contributed by atoms with E-state index < -0.39 is 71.6 Å². The van der Waals surface area contributed by atoms with Gasteiger partial charge in [0.05, 0.1) is 6.54 Å². The summed E-state index contributed by atoms with van der Waals surface area (Å²) in [7, 11) is 0. The molecule has 5 rings (SSSR count). The third-order valence-electron chi connectivity index (χ3n) is 11.3. The Balaban J connectivity index is 1.43. The van der Waals surface area contributed by atoms with Gasteiger partial charge in [0, 0.05) is 42.8 Å². The number of guanidine groups is 1. The Morgan fingerprint density at radius 2 is 1.37 bits per heavy atom. The number of aromatic nitrogens is 1. The quantitative estimate of drug-likeness (QED) is 0.0437. The van der Waals surface area contributed by atoms with Gasteiger partial charge in [-0.05, 0) is 67.2 Å². The normalized spacial score (nSPS) is 17.3. The third-order valence-corrected chi connectivity index (χ3v) is 11.3. The van der Waals surface area contributed by atoms with Crippen molar-refractivity contribution in [3.05, 3.63) is 108 Å². The van der Waals surface area contributed by atoms with Crippen LogP contribution in [0.15, 0.2) is 96.1 Å². The highest BCUT2D eigenvalue weighted by atomic mass is 16.2. The number of para-hydroxylation sites is 1. The number of hydrogen-bond acceptors (Lipinski definition) is 7. The molecule has 3 aromatic carbocycles. The number of aromatic amines is 1. The number of carbonyl (C=O) groups excluding carboxylic acids is 7. The molecule has 1 saturated carbocycles. The van der Waals surface area contributed by atoms with E-state index in [0.717, 1.165) is 22.9 Å². The summed E-state index contributed by atoms with van der Waals surface area (Å²) in [5, 5.41) is 14.6. The van der Waals surface area contributed by atoms with Crippen LogP contribution in [0.3, 0.4) is 0 Å². The Hall–Kier alpha value is -7.04. The maximum absolute atomic E-state index is 14.6. The van der Waals surface area contributed by atoms with E-state index in [1.165, 1.54) is 0 Å². The van der Waals surface area contributed by atoms with Gasteiger partial charge in [-0.15, -0.1) is 0 Å². The van der Waals surface area contributed by atoms with Crippen LogP contribution >= 0.6 is 0 Å². The van der Waals surface area contributed by atoms with Crippen molar-refractivity contribution in [2.24, 2.45) is 22.2 Å². The number of fused-ring (bicyclic) bond motifs is 1. The molecule has 17 heteroatoms. The predicted molar refractivity (Wildman–Crippen MR) is 238 cm³/mol. The van der Waals surface area contributed by atoms with Crippen LogP contribution in [-0.4, -0.2) is 82.5 Å². The summed E-state index contributed by atoms with van der Waals surface area (Å²) in [6.07, 6.45) is 4.51. The summed E-state index contributed by atoms with van der Waals surface area (Å²) >= 11 is 0. The van der Waals surface area contributed by atoms with Gasteiger partial charge in [-0.3, -0.25) is 33.6 Å². The number of rotatable bonds is 21. The van der Waals surface area contributed by atoms with E-state index in [2.05, 4.69) is 36.6 Å². The number of primary amides is 1. The average molecular weight is 863 g/mol. The number of benzene rings is 3. The highest BCUT2D eigenvalue weighted by molar-refractivity contribution is 5.98. The second-order valence-corrected chi connectivity index (χ2v) is 16.0. The fourth-order valence-corrected chi connectivity index (χ4v) is 7.91. The van der Waals surface area contributed by atoms with Crippen molar-refractivity contribution in [2.75, 3.05) is 6.54 Å². The van der Waals surface area contributed by atoms with Gasteiger partial charge in [-0.1, -0.05) is 92.2 Å². The monoisotopic (exact) mass is 862 g/mol. The average Bonchev–Trinajstić information content (AvgIpc) is 3.68. The van der Waals surface area contributed by atoms with Gasteiger partial charge < -0.3 is 48.8 Å². The molecule has 0 aliphatic heterocycles. The van der Waals surface area contributed by atoms with Crippen LogP contribution < -0.4 is 43.8 Å². The number of nitrogens with zero attached hydrogens (tertiary/aromatic N) is 1. The molecule has 3 atom stereocenters. The Labute approximate surface area is 366 Å². The molecule has 17 nitrogen and oxygen atoms in total. The largest absolute Gasteiger partial charge is 0.370 e. The Morgan fingerprint density at radius 1 is 0.746 bits per heavy atom. The molecule has 4 aromatic rings. The predicted octanol–water partition coefficient (Wildman–Crippen LogP) is 1.99. The lowest BCUT2D eigenvalue weighted by atomic mass is 9.73. The molecule has 7 amide bonds. The zero-order valence-corrected chi connectivity index (χ0v) is 35.5. The molecule has 1 aliphatic rings. The van der Waals surface area contributed by atoms with Crippen LogP contribution in [-0.2, 0) is 46.4 Å². The Morgan fingerprint density at radius 3 is 2.03 bits per heavy atom. The van der Waals surface area contributed by atoms with Gasteiger partial charge in [-0.2, -0.15) is 4.99 Å². The lowest BCUT2D eigenvalue weighted by Gasteiger charge is -2.40. The van der Waals surface area contributed by atoms with Crippen LogP contribution in [0.1, 0.15) is 87.3 Å². The maximum atomic E-state index is 14.6. The number of carbonyl (C=O) groups is 7. The van der Waals surface area contributed by atoms with Crippen molar-refractivity contribution in [1.29, 1.82) is 0 Å². The summed E-state index contributed by atoms with van der Waals surface area (Å²) in [6, 6.07) is 22.3. The molecule has 0 saturated heterocycles. The SMILES string of the molecule is CCCCC(=O)NC1(C(=O)N[C@H](Cc2ccccc2)C(=O)N[C@@H](CCC(=O)N=C(N)N)C(=O)N[C@@H](Cc2c[nH]c3ccccc23)C(=O)NCC(N)=O)CCC(c2ccccc2)CC1. The number of nitrogens with two attached hydrogens (primary N) is 3. The first-order chi connectivity index (χ1) is 30.3. The minimum absolute atomic E-state index is 0.00486. The first kappa shape index (κ1) is 47.0. The molecular weight excluding hydrogens is 805 g/mol. The number of nitrogens with one attached hydrogen (secondary N) is 6. The smallest absolute Gasteiger partial charge is 0.248 e. The molecule has 1 fully saturated rings. The fraction of sp³-hybridized carbons (Fsp3) is 0.391. The van der Waals surface area contributed by atoms with Crippen LogP contribution in [0.4, 0.5) is 0 Å². The minimum atomic E-state index is -1.45. The molecule has 12 N–H and O–H groups in total. The molecule has 0 radical (unpaired) electrons. The first-order valence-corrected chi connectivity index (χ1v) is 21.3. The van der Waals surface area contributed by atoms with Gasteiger partial charge in [-0.25, -0.2) is 0 Å². The second kappa shape index (κ2) is 22.7. The number of hydrogen-bond donors (Lipinski definition) is 9. The Bertz CT molecular complexity index is 2250. The van der Waals surface area contributed by atoms with Gasteiger partial charge >= 0.3 is 0 Å². The number of amides is 7. The summed E-state index contributed by atoms with van der Waals surface area (Å²) in [4.78, 5) is 101. The van der Waals surface area contributed by atoms with Crippen molar-refractivity contribution < 1.29 is 33.6 Å². The first-order valence-electron chi connectivity index (χ1n) is 21.3. The standard InChI is InChI=1S/C46H58N10O7/c1-2-3-18-40(59)56-46(23-21-31(22-24-46)30-14-8-5-9-15-30)44(63)54-36(25-29-12-6-4-7-13-29)43(62)52-35(19-20-39(58)55-45(48)49)42(61)53-37(41(60)51-28-38(47)57)26-32-27-50-34-17-11-10-16-33(32)34/h4-17,27,31,35-37,50H,2-3,18-26,28H2,1H3,(H2,47,57)(H,51,60)(H,52,62)(H,53,61)(H,54,63)(H,56,59)(H4,48,49,55,58)/t31?,35-,36+,37-,46?/m0/s1. The maximum Gasteiger partial charge on any atom is 0.248 e. The van der Waals surface area contributed by atoms with Crippen LogP contribution in [0.5, 0.6) is 0 Å². The number of unbranched alkanes of at least 4 members (excludes halogenated alkanes) is 1. The van der Waals surface area contributed by atoms with Crippen LogP contribution in [0.2, 0.25) is 0 Å². The molecule has 0 unspecified atom stereocenters. The summed E-state index contributed by atoms with van der Waals surface area (Å²) < 4.78 is 0. The van der Waals surface area contributed by atoms with Crippen molar-refractivity contribution in [1.82, 2.24) is 31.6 Å². The lowest BCUT2D eigenvalue weighted by molar-refractivity contribution is -0.138. The van der Waals surface area contributed by atoms with E-state index in [4.69, 9.17) is 17.2 Å². The third kappa shape index (κ3) is 13.7. The van der Waals surface area contributed by atoms with Crippen LogP contribution in [0.25, 0.3) is 10.9 Å². The van der Waals surface area contributed by atoms with Crippen molar-refractivity contribution in [2.45, 2.75) is 107 Å². The van der Waals surface area contributed by atoms with Gasteiger partial charge in [0.2, 0.25) is 41.4 Å². The molecule has 0 bridgehead atoms. The molecule has 334 valence electrons. The molecule has 1 aliphatic carbocycles. The minimum Gasteiger partial charge on any atom is -0.370 e. The van der Waals surface area contributed by atoms with E-state index in [1.54, 1.807) is 30.5 Å². The summed E-state index contributed by atoms with van der Waals surface area (Å²) in [5.74, 6) is -5.03. The van der Waals surface area contributed by atoms with Crippen molar-refractivity contribution >= 4 is 58.2 Å². The summed E-state index contributed by atoms with van der Waals surface area (Å²) in [6.45, 7) is 1.47. The fourth-order valence-electron chi connectivity index (χ4n) is 7.91. The van der Waals surface area contributed by atoms with E-state index in [0.29, 0.717) is 43.2 Å². The molecule has 63 heavy (non-hydrogen) atoms. The van der Waals surface area contributed by atoms with Crippen molar-refractivity contribution in [3.8, 4) is 0 Å². The molecular formula is C46H58N10O7. The van der Waals surface area contributed by atoms with E-state index >= 15 is 0 Å². The van der Waals surface area contributed by atoms with Gasteiger partial charge in [0.25, 0.3) is 0 Å². The van der Waals surface area contributed by atoms with E-state index in [1.807, 2.05) is 67.6 Å². The van der Waals surface area contributed by atoms with Crippen molar-refractivity contribution in [3.63, 3.8) is 0 Å². The zero-order chi connectivity index (χ0) is 45.4. The van der Waals surface area contributed by atoms with Gasteiger partial charge in [0.15, 0.2) is 5.96 Å². The Kier molecular flexibility index (Phi) is 16.9. The number of H-pyrrole nitrogens is 1. The van der Waals surface area contributed by atoms with E-state index in [9.17, 15) is 33.6 Å². The highest BCUT2D eigenvalue weighted by Gasteiger charge is 2.44. The molecule has 0 spiro atoms. The van der Waals surface area contributed by atoms with Gasteiger partial charge in [0.1, 0.15) is 23.7 Å². The molecule has 1 aromatic heterocycles. The second-order valence-electron chi connectivity index (χ2n) is 16.0. The number of aliphatic imine (C=N–C) groups is 1. The molecule has 1 heterocycles. The highest BCUT2D eigenvalue weighted by Crippen LogP contribution is 2.38. The zero-order valence-electron chi connectivity index (χ0n) is 35.5.